The fourth-order valence-electron chi connectivity index (χ4n) is 3.18. The maximum Gasteiger partial charge on any atom is 0.416 e. The molecule has 1 aromatic heterocycles. The summed E-state index contributed by atoms with van der Waals surface area (Å²) in [5.74, 6) is 0.536. The zero-order valence-corrected chi connectivity index (χ0v) is 17.6. The average molecular weight is 431 g/mol. The fourth-order valence-corrected chi connectivity index (χ4v) is 3.18. The van der Waals surface area contributed by atoms with Crippen molar-refractivity contribution in [3.05, 3.63) is 71.1 Å². The van der Waals surface area contributed by atoms with Crippen LogP contribution in [0.2, 0.25) is 0 Å². The lowest BCUT2D eigenvalue weighted by Crippen LogP contribution is -2.39. The zero-order chi connectivity index (χ0) is 22.6. The molecule has 5 nitrogen and oxygen atoms in total. The number of halogens is 3. The van der Waals surface area contributed by atoms with Gasteiger partial charge in [0.15, 0.2) is 0 Å². The van der Waals surface area contributed by atoms with E-state index in [0.717, 1.165) is 23.3 Å². The normalized spacial score (nSPS) is 12.6. The number of amides is 1. The van der Waals surface area contributed by atoms with Crippen LogP contribution >= 0.6 is 0 Å². The van der Waals surface area contributed by atoms with E-state index in [9.17, 15) is 18.0 Å². The molecule has 0 aliphatic carbocycles. The number of aromatic nitrogens is 2. The summed E-state index contributed by atoms with van der Waals surface area (Å²) in [5, 5.41) is 4.01. The van der Waals surface area contributed by atoms with E-state index in [1.807, 2.05) is 45.0 Å². The quantitative estimate of drug-likeness (QED) is 0.492. The highest BCUT2D eigenvalue weighted by molar-refractivity contribution is 5.94. The lowest BCUT2D eigenvalue weighted by Gasteiger charge is -2.28. The first-order chi connectivity index (χ1) is 14.7. The average Bonchev–Trinajstić information content (AvgIpc) is 3.22. The predicted octanol–water partition coefficient (Wildman–Crippen LogP) is 5.55. The molecule has 164 valence electrons. The molecule has 0 radical (unpaired) electrons. The predicted molar refractivity (Wildman–Crippen MR) is 110 cm³/mol. The summed E-state index contributed by atoms with van der Waals surface area (Å²) in [5.41, 5.74) is 1.34. The summed E-state index contributed by atoms with van der Waals surface area (Å²) in [6, 6.07) is 11.9. The zero-order valence-electron chi connectivity index (χ0n) is 17.6. The summed E-state index contributed by atoms with van der Waals surface area (Å²) in [4.78, 5) is 19.0. The van der Waals surface area contributed by atoms with Crippen molar-refractivity contribution in [2.24, 2.45) is 0 Å². The Morgan fingerprint density at radius 3 is 2.48 bits per heavy atom. The van der Waals surface area contributed by atoms with Gasteiger partial charge >= 0.3 is 6.18 Å². The van der Waals surface area contributed by atoms with Gasteiger partial charge < -0.3 is 9.42 Å². The number of hydrogen-bond donors (Lipinski definition) is 0. The summed E-state index contributed by atoms with van der Waals surface area (Å²) in [6.45, 7) is 6.12. The minimum atomic E-state index is -4.44. The van der Waals surface area contributed by atoms with Gasteiger partial charge in [0.2, 0.25) is 11.7 Å². The number of aryl methyl sites for hydroxylation is 1. The van der Waals surface area contributed by atoms with E-state index in [4.69, 9.17) is 4.52 Å². The number of carbonyl (C=O) groups excluding carboxylic acids is 1. The summed E-state index contributed by atoms with van der Waals surface area (Å²) in [6.07, 6.45) is -3.40. The van der Waals surface area contributed by atoms with Crippen LogP contribution in [0.15, 0.2) is 53.1 Å². The highest BCUT2D eigenvalue weighted by Gasteiger charge is 2.30. The van der Waals surface area contributed by atoms with Crippen molar-refractivity contribution in [2.75, 3.05) is 6.54 Å². The van der Waals surface area contributed by atoms with E-state index in [1.165, 1.54) is 12.1 Å². The number of carbonyl (C=O) groups is 1. The second-order valence-electron chi connectivity index (χ2n) is 7.46. The molecular weight excluding hydrogens is 407 g/mol. The lowest BCUT2D eigenvalue weighted by molar-refractivity contribution is -0.137. The van der Waals surface area contributed by atoms with Crippen molar-refractivity contribution < 1.29 is 22.5 Å². The van der Waals surface area contributed by atoms with E-state index in [1.54, 1.807) is 4.90 Å². The van der Waals surface area contributed by atoms with Crippen LogP contribution < -0.4 is 0 Å². The molecule has 8 heteroatoms. The van der Waals surface area contributed by atoms with E-state index in [0.29, 0.717) is 31.1 Å². The molecule has 0 spiro atoms. The van der Waals surface area contributed by atoms with Crippen molar-refractivity contribution in [1.82, 2.24) is 15.0 Å². The Labute approximate surface area is 178 Å². The van der Waals surface area contributed by atoms with Gasteiger partial charge in [0.05, 0.1) is 5.56 Å². The molecule has 0 saturated heterocycles. The Hall–Kier alpha value is -3.16. The second kappa shape index (κ2) is 9.32. The fraction of sp³-hybridized carbons (Fsp3) is 0.348. The van der Waals surface area contributed by atoms with Crippen LogP contribution in [0.5, 0.6) is 0 Å². The first kappa shape index (κ1) is 22.5. The van der Waals surface area contributed by atoms with Crippen molar-refractivity contribution in [2.45, 2.75) is 45.8 Å². The van der Waals surface area contributed by atoms with Crippen LogP contribution in [0, 0.1) is 6.92 Å². The number of alkyl halides is 3. The molecule has 0 bridgehead atoms. The molecule has 0 fully saturated rings. The van der Waals surface area contributed by atoms with Gasteiger partial charge in [-0.2, -0.15) is 18.2 Å². The Morgan fingerprint density at radius 1 is 1.16 bits per heavy atom. The third kappa shape index (κ3) is 5.51. The van der Waals surface area contributed by atoms with Gasteiger partial charge in [-0.25, -0.2) is 0 Å². The Bertz CT molecular complexity index is 1030. The molecule has 31 heavy (non-hydrogen) atoms. The van der Waals surface area contributed by atoms with E-state index in [2.05, 4.69) is 10.1 Å². The third-order valence-electron chi connectivity index (χ3n) is 5.15. The van der Waals surface area contributed by atoms with Gasteiger partial charge in [-0.15, -0.1) is 0 Å². The maximum atomic E-state index is 13.0. The molecule has 1 atom stereocenters. The molecule has 2 aromatic carbocycles. The van der Waals surface area contributed by atoms with Crippen LogP contribution in [0.4, 0.5) is 13.2 Å². The van der Waals surface area contributed by atoms with E-state index >= 15 is 0 Å². The number of benzene rings is 2. The molecule has 0 aliphatic heterocycles. The molecule has 1 amide bonds. The number of rotatable bonds is 7. The lowest BCUT2D eigenvalue weighted by atomic mass is 10.1. The smallest absolute Gasteiger partial charge is 0.339 e. The van der Waals surface area contributed by atoms with Crippen LogP contribution in [-0.2, 0) is 12.6 Å². The highest BCUT2D eigenvalue weighted by Crippen LogP contribution is 2.29. The second-order valence-corrected chi connectivity index (χ2v) is 7.46. The molecule has 3 aromatic rings. The van der Waals surface area contributed by atoms with E-state index in [-0.39, 0.29) is 17.5 Å². The monoisotopic (exact) mass is 431 g/mol. The molecule has 0 saturated carbocycles. The topological polar surface area (TPSA) is 59.2 Å². The van der Waals surface area contributed by atoms with Gasteiger partial charge in [0, 0.05) is 30.1 Å². The van der Waals surface area contributed by atoms with Gasteiger partial charge in [-0.1, -0.05) is 35.8 Å². The van der Waals surface area contributed by atoms with Gasteiger partial charge in [0.1, 0.15) is 0 Å². The maximum absolute atomic E-state index is 13.0. The molecule has 1 heterocycles. The van der Waals surface area contributed by atoms with Crippen molar-refractivity contribution in [1.29, 1.82) is 0 Å². The van der Waals surface area contributed by atoms with Crippen LogP contribution in [0.25, 0.3) is 11.4 Å². The Balaban J connectivity index is 1.73. The SMILES string of the molecule is CC[C@@H](C)N(CCc1nc(-c2cccc(C)c2)no1)C(=O)c1ccc(C(F)(F)F)cc1. The van der Waals surface area contributed by atoms with Gasteiger partial charge in [-0.3, -0.25) is 4.79 Å². The number of hydrogen-bond acceptors (Lipinski definition) is 4. The van der Waals surface area contributed by atoms with Gasteiger partial charge in [-0.05, 0) is 50.6 Å². The highest BCUT2D eigenvalue weighted by atomic mass is 19.4. The number of nitrogens with zero attached hydrogens (tertiary/aromatic N) is 3. The van der Waals surface area contributed by atoms with Crippen molar-refractivity contribution >= 4 is 5.91 Å². The minimum Gasteiger partial charge on any atom is -0.339 e. The minimum absolute atomic E-state index is 0.103. The standard InChI is InChI=1S/C23H24F3N3O2/c1-4-16(3)29(22(30)17-8-10-19(11-9-17)23(24,25)26)13-12-20-27-21(28-31-20)18-7-5-6-15(2)14-18/h5-11,14,16H,4,12-13H2,1-3H3/t16-/m1/s1. The summed E-state index contributed by atoms with van der Waals surface area (Å²) in [7, 11) is 0. The first-order valence-electron chi connectivity index (χ1n) is 10.1. The molecule has 0 unspecified atom stereocenters. The van der Waals surface area contributed by atoms with Crippen LogP contribution in [0.3, 0.4) is 0 Å². The first-order valence-corrected chi connectivity index (χ1v) is 10.1. The largest absolute Gasteiger partial charge is 0.416 e. The molecule has 3 rings (SSSR count). The molecule has 0 N–H and O–H groups in total. The van der Waals surface area contributed by atoms with Crippen LogP contribution in [-0.4, -0.2) is 33.5 Å². The molecule has 0 aliphatic rings. The van der Waals surface area contributed by atoms with Crippen LogP contribution in [0.1, 0.15) is 47.6 Å². The Morgan fingerprint density at radius 2 is 1.87 bits per heavy atom. The Kier molecular flexibility index (Phi) is 6.77. The third-order valence-corrected chi connectivity index (χ3v) is 5.15. The summed E-state index contributed by atoms with van der Waals surface area (Å²) >= 11 is 0. The van der Waals surface area contributed by atoms with Crippen molar-refractivity contribution in [3.63, 3.8) is 0 Å². The molecular formula is C23H24F3N3O2. The van der Waals surface area contributed by atoms with Crippen molar-refractivity contribution in [3.8, 4) is 11.4 Å². The summed E-state index contributed by atoms with van der Waals surface area (Å²) < 4.78 is 43.7. The van der Waals surface area contributed by atoms with Gasteiger partial charge in [0.25, 0.3) is 5.91 Å². The van der Waals surface area contributed by atoms with E-state index < -0.39 is 11.7 Å².